The predicted molar refractivity (Wildman–Crippen MR) is 79.3 cm³/mol. The number of carboxylic acid groups (broad SMARTS) is 1. The molecular formula is C15H14N2O4. The van der Waals surface area contributed by atoms with Crippen molar-refractivity contribution < 1.29 is 14.8 Å². The van der Waals surface area contributed by atoms with Crippen LogP contribution in [0.15, 0.2) is 42.5 Å². The van der Waals surface area contributed by atoms with Gasteiger partial charge in [-0.15, -0.1) is 0 Å². The number of nitro benzene ring substituents is 1. The monoisotopic (exact) mass is 286 g/mol. The van der Waals surface area contributed by atoms with Gasteiger partial charge in [0, 0.05) is 18.8 Å². The zero-order valence-electron chi connectivity index (χ0n) is 11.6. The minimum atomic E-state index is -1.20. The van der Waals surface area contributed by atoms with E-state index in [1.54, 1.807) is 19.2 Å². The summed E-state index contributed by atoms with van der Waals surface area (Å²) in [5, 5.41) is 20.4. The van der Waals surface area contributed by atoms with Gasteiger partial charge in [-0.25, -0.2) is 4.79 Å². The first kappa shape index (κ1) is 14.5. The summed E-state index contributed by atoms with van der Waals surface area (Å²) in [5.74, 6) is -1.20. The van der Waals surface area contributed by atoms with Crippen LogP contribution in [0.4, 0.5) is 17.1 Å². The van der Waals surface area contributed by atoms with E-state index in [2.05, 4.69) is 0 Å². The predicted octanol–water partition coefficient (Wildman–Crippen LogP) is 3.37. The van der Waals surface area contributed by atoms with Gasteiger partial charge in [0.2, 0.25) is 0 Å². The van der Waals surface area contributed by atoms with Gasteiger partial charge >= 0.3 is 5.97 Å². The number of aromatic carboxylic acids is 1. The second kappa shape index (κ2) is 5.62. The molecule has 0 aliphatic heterocycles. The molecule has 6 nitrogen and oxygen atoms in total. The molecular weight excluding hydrogens is 272 g/mol. The second-order valence-corrected chi connectivity index (χ2v) is 4.63. The third-order valence-electron chi connectivity index (χ3n) is 3.20. The Morgan fingerprint density at radius 3 is 2.33 bits per heavy atom. The Balaban J connectivity index is 2.62. The molecule has 2 aromatic rings. The molecule has 0 atom stereocenters. The maximum Gasteiger partial charge on any atom is 0.338 e. The summed E-state index contributed by atoms with van der Waals surface area (Å²) in [5.41, 5.74) is 1.45. The SMILES string of the molecule is Cc1ccc(N(C)c2c(C(=O)O)cccc2[N+](=O)[O-])cc1. The second-order valence-electron chi connectivity index (χ2n) is 4.63. The number of rotatable bonds is 4. The Bertz CT molecular complexity index is 663. The zero-order valence-corrected chi connectivity index (χ0v) is 11.6. The lowest BCUT2D eigenvalue weighted by atomic mass is 10.1. The minimum Gasteiger partial charge on any atom is -0.478 e. The van der Waals surface area contributed by atoms with Crippen molar-refractivity contribution in [1.82, 2.24) is 0 Å². The molecule has 0 radical (unpaired) electrons. The topological polar surface area (TPSA) is 83.7 Å². The van der Waals surface area contributed by atoms with Gasteiger partial charge in [-0.05, 0) is 25.1 Å². The molecule has 0 aliphatic carbocycles. The van der Waals surface area contributed by atoms with E-state index in [9.17, 15) is 20.0 Å². The molecule has 0 saturated heterocycles. The van der Waals surface area contributed by atoms with Gasteiger partial charge in [0.1, 0.15) is 5.69 Å². The summed E-state index contributed by atoms with van der Waals surface area (Å²) in [4.78, 5) is 23.4. The van der Waals surface area contributed by atoms with Crippen LogP contribution in [0.5, 0.6) is 0 Å². The summed E-state index contributed by atoms with van der Waals surface area (Å²) < 4.78 is 0. The van der Waals surface area contributed by atoms with Gasteiger partial charge in [-0.3, -0.25) is 10.1 Å². The van der Waals surface area contributed by atoms with Crippen molar-refractivity contribution in [3.05, 3.63) is 63.7 Å². The molecule has 0 fully saturated rings. The molecule has 0 aromatic heterocycles. The highest BCUT2D eigenvalue weighted by Gasteiger charge is 2.25. The molecule has 21 heavy (non-hydrogen) atoms. The molecule has 6 heteroatoms. The molecule has 0 saturated carbocycles. The Morgan fingerprint density at radius 2 is 1.81 bits per heavy atom. The number of hydrogen-bond donors (Lipinski definition) is 1. The van der Waals surface area contributed by atoms with Gasteiger partial charge in [0.15, 0.2) is 0 Å². The Kier molecular flexibility index (Phi) is 3.89. The summed E-state index contributed by atoms with van der Waals surface area (Å²) in [6, 6.07) is 11.3. The van der Waals surface area contributed by atoms with Crippen molar-refractivity contribution in [2.45, 2.75) is 6.92 Å². The lowest BCUT2D eigenvalue weighted by molar-refractivity contribution is -0.384. The van der Waals surface area contributed by atoms with Gasteiger partial charge in [-0.1, -0.05) is 23.8 Å². The molecule has 0 aliphatic rings. The average Bonchev–Trinajstić information content (AvgIpc) is 2.46. The number of hydrogen-bond acceptors (Lipinski definition) is 4. The van der Waals surface area contributed by atoms with Crippen LogP contribution in [0.1, 0.15) is 15.9 Å². The van der Waals surface area contributed by atoms with Crippen LogP contribution < -0.4 is 4.90 Å². The Labute approximate surface area is 121 Å². The van der Waals surface area contributed by atoms with E-state index < -0.39 is 10.9 Å². The van der Waals surface area contributed by atoms with Crippen molar-refractivity contribution in [3.8, 4) is 0 Å². The average molecular weight is 286 g/mol. The fourth-order valence-corrected chi connectivity index (χ4v) is 2.10. The van der Waals surface area contributed by atoms with Crippen molar-refractivity contribution in [2.75, 3.05) is 11.9 Å². The molecule has 1 N–H and O–H groups in total. The number of benzene rings is 2. The third kappa shape index (κ3) is 2.84. The van der Waals surface area contributed by atoms with E-state index >= 15 is 0 Å². The molecule has 108 valence electrons. The van der Waals surface area contributed by atoms with Crippen molar-refractivity contribution >= 4 is 23.0 Å². The smallest absolute Gasteiger partial charge is 0.338 e. The van der Waals surface area contributed by atoms with Crippen LogP contribution in [-0.4, -0.2) is 23.0 Å². The largest absolute Gasteiger partial charge is 0.478 e. The summed E-state index contributed by atoms with van der Waals surface area (Å²) in [6.07, 6.45) is 0. The van der Waals surface area contributed by atoms with E-state index in [1.807, 2.05) is 19.1 Å². The zero-order chi connectivity index (χ0) is 15.6. The van der Waals surface area contributed by atoms with E-state index in [1.165, 1.54) is 23.1 Å². The molecule has 0 spiro atoms. The number of nitrogens with zero attached hydrogens (tertiary/aromatic N) is 2. The molecule has 0 bridgehead atoms. The van der Waals surface area contributed by atoms with Crippen LogP contribution in [0, 0.1) is 17.0 Å². The van der Waals surface area contributed by atoms with E-state index in [-0.39, 0.29) is 16.9 Å². The standard InChI is InChI=1S/C15H14N2O4/c1-10-6-8-11(9-7-10)16(2)14-12(15(18)19)4-3-5-13(14)17(20)21/h3-9H,1-2H3,(H,18,19). The first-order valence-corrected chi connectivity index (χ1v) is 6.23. The maximum atomic E-state index is 11.3. The van der Waals surface area contributed by atoms with Crippen LogP contribution in [0.3, 0.4) is 0 Å². The first-order chi connectivity index (χ1) is 9.91. The van der Waals surface area contributed by atoms with Crippen LogP contribution >= 0.6 is 0 Å². The maximum absolute atomic E-state index is 11.3. The first-order valence-electron chi connectivity index (χ1n) is 6.23. The molecule has 2 aromatic carbocycles. The van der Waals surface area contributed by atoms with Gasteiger partial charge in [0.05, 0.1) is 10.5 Å². The van der Waals surface area contributed by atoms with Gasteiger partial charge in [0.25, 0.3) is 5.69 Å². The number of nitro groups is 1. The number of para-hydroxylation sites is 1. The van der Waals surface area contributed by atoms with Crippen molar-refractivity contribution in [3.63, 3.8) is 0 Å². The van der Waals surface area contributed by atoms with Crippen LogP contribution in [-0.2, 0) is 0 Å². The molecule has 0 heterocycles. The van der Waals surface area contributed by atoms with Crippen LogP contribution in [0.25, 0.3) is 0 Å². The third-order valence-corrected chi connectivity index (χ3v) is 3.20. The van der Waals surface area contributed by atoms with Crippen molar-refractivity contribution in [2.24, 2.45) is 0 Å². The van der Waals surface area contributed by atoms with Gasteiger partial charge < -0.3 is 10.0 Å². The molecule has 2 rings (SSSR count). The quantitative estimate of drug-likeness (QED) is 0.688. The summed E-state index contributed by atoms with van der Waals surface area (Å²) in [7, 11) is 1.61. The normalized spacial score (nSPS) is 10.2. The summed E-state index contributed by atoms with van der Waals surface area (Å²) >= 11 is 0. The fourth-order valence-electron chi connectivity index (χ4n) is 2.10. The highest BCUT2D eigenvalue weighted by atomic mass is 16.6. The number of anilines is 2. The Morgan fingerprint density at radius 1 is 1.19 bits per heavy atom. The number of carbonyl (C=O) groups is 1. The lowest BCUT2D eigenvalue weighted by Gasteiger charge is -2.21. The molecule has 0 unspecified atom stereocenters. The highest BCUT2D eigenvalue weighted by molar-refractivity contribution is 5.98. The van der Waals surface area contributed by atoms with Gasteiger partial charge in [-0.2, -0.15) is 0 Å². The lowest BCUT2D eigenvalue weighted by Crippen LogP contribution is -2.16. The molecule has 0 amide bonds. The van der Waals surface area contributed by atoms with Crippen LogP contribution in [0.2, 0.25) is 0 Å². The number of carboxylic acids is 1. The van der Waals surface area contributed by atoms with E-state index in [0.29, 0.717) is 5.69 Å². The van der Waals surface area contributed by atoms with E-state index in [4.69, 9.17) is 0 Å². The Hall–Kier alpha value is -2.89. The fraction of sp³-hybridized carbons (Fsp3) is 0.133. The summed E-state index contributed by atoms with van der Waals surface area (Å²) in [6.45, 7) is 1.93. The van der Waals surface area contributed by atoms with Crippen molar-refractivity contribution in [1.29, 1.82) is 0 Å². The number of aryl methyl sites for hydroxylation is 1. The van der Waals surface area contributed by atoms with E-state index in [0.717, 1.165) is 5.56 Å². The highest BCUT2D eigenvalue weighted by Crippen LogP contribution is 2.35. The minimum absolute atomic E-state index is 0.0684.